The number of ether oxygens (including phenoxy) is 1. The van der Waals surface area contributed by atoms with E-state index in [2.05, 4.69) is 9.97 Å². The quantitative estimate of drug-likeness (QED) is 0.665. The van der Waals surface area contributed by atoms with Gasteiger partial charge in [0.15, 0.2) is 0 Å². The predicted molar refractivity (Wildman–Crippen MR) is 50.6 cm³/mol. The minimum Gasteiger partial charge on any atom is -0.476 e. The van der Waals surface area contributed by atoms with E-state index in [1.165, 1.54) is 0 Å². The number of hydrogen-bond acceptors (Lipinski definition) is 4. The first-order valence-electron chi connectivity index (χ1n) is 3.73. The molecule has 12 heavy (non-hydrogen) atoms. The van der Waals surface area contributed by atoms with Gasteiger partial charge >= 0.3 is 0 Å². The highest BCUT2D eigenvalue weighted by Gasteiger charge is 1.93. The molecule has 0 saturated carbocycles. The zero-order valence-corrected chi connectivity index (χ0v) is 8.10. The van der Waals surface area contributed by atoms with Crippen LogP contribution in [0.2, 0.25) is 0 Å². The molecular weight excluding hydrogens is 172 g/mol. The third-order valence-corrected chi connectivity index (χ3v) is 1.87. The number of nitrogens with zero attached hydrogens (tertiary/aromatic N) is 2. The van der Waals surface area contributed by atoms with Crippen LogP contribution in [0.15, 0.2) is 12.4 Å². The highest BCUT2D eigenvalue weighted by molar-refractivity contribution is 7.98. The Morgan fingerprint density at radius 3 is 2.83 bits per heavy atom. The second-order valence-electron chi connectivity index (χ2n) is 2.34. The molecule has 0 amide bonds. The molecule has 0 fully saturated rings. The van der Waals surface area contributed by atoms with Crippen LogP contribution in [0.3, 0.4) is 0 Å². The van der Waals surface area contributed by atoms with Gasteiger partial charge in [-0.25, -0.2) is 4.98 Å². The lowest BCUT2D eigenvalue weighted by atomic mass is 10.5. The first-order chi connectivity index (χ1) is 5.83. The number of aromatic nitrogens is 2. The SMILES string of the molecule is CSCCOc1cnc(C)cn1. The molecule has 66 valence electrons. The highest BCUT2D eigenvalue weighted by atomic mass is 32.2. The Kier molecular flexibility index (Phi) is 3.87. The standard InChI is InChI=1S/C8H12N2OS/c1-7-5-10-8(6-9-7)11-3-4-12-2/h5-6H,3-4H2,1-2H3. The summed E-state index contributed by atoms with van der Waals surface area (Å²) in [5.41, 5.74) is 0.909. The van der Waals surface area contributed by atoms with Crippen molar-refractivity contribution >= 4 is 11.8 Å². The van der Waals surface area contributed by atoms with Crippen LogP contribution in [-0.2, 0) is 0 Å². The molecule has 0 atom stereocenters. The number of hydrogen-bond donors (Lipinski definition) is 0. The van der Waals surface area contributed by atoms with Crippen LogP contribution in [0.1, 0.15) is 5.69 Å². The summed E-state index contributed by atoms with van der Waals surface area (Å²) >= 11 is 1.75. The lowest BCUT2D eigenvalue weighted by Crippen LogP contribution is -2.01. The van der Waals surface area contributed by atoms with Gasteiger partial charge in [0.25, 0.3) is 0 Å². The smallest absolute Gasteiger partial charge is 0.232 e. The van der Waals surface area contributed by atoms with Crippen LogP contribution >= 0.6 is 11.8 Å². The molecule has 4 heteroatoms. The van der Waals surface area contributed by atoms with Gasteiger partial charge in [-0.1, -0.05) is 0 Å². The Bertz CT molecular complexity index is 225. The molecule has 1 aromatic rings. The molecule has 1 heterocycles. The molecule has 0 unspecified atom stereocenters. The second-order valence-corrected chi connectivity index (χ2v) is 3.32. The molecule has 3 nitrogen and oxygen atoms in total. The molecule has 0 aliphatic carbocycles. The fraction of sp³-hybridized carbons (Fsp3) is 0.500. The van der Waals surface area contributed by atoms with Crippen molar-refractivity contribution in [2.75, 3.05) is 18.6 Å². The maximum atomic E-state index is 5.31. The van der Waals surface area contributed by atoms with E-state index >= 15 is 0 Å². The first-order valence-corrected chi connectivity index (χ1v) is 5.12. The van der Waals surface area contributed by atoms with Crippen molar-refractivity contribution in [2.45, 2.75) is 6.92 Å². The molecule has 0 bridgehead atoms. The van der Waals surface area contributed by atoms with Gasteiger partial charge in [0.1, 0.15) is 0 Å². The van der Waals surface area contributed by atoms with Crippen molar-refractivity contribution in [3.8, 4) is 5.88 Å². The first kappa shape index (κ1) is 9.32. The van der Waals surface area contributed by atoms with Gasteiger partial charge in [0.2, 0.25) is 5.88 Å². The average Bonchev–Trinajstić information content (AvgIpc) is 2.09. The normalized spacial score (nSPS) is 9.83. The summed E-state index contributed by atoms with van der Waals surface area (Å²) in [6.07, 6.45) is 5.40. The summed E-state index contributed by atoms with van der Waals surface area (Å²) in [6.45, 7) is 2.59. The molecule has 0 aromatic carbocycles. The van der Waals surface area contributed by atoms with Crippen molar-refractivity contribution in [1.29, 1.82) is 0 Å². The van der Waals surface area contributed by atoms with E-state index in [0.29, 0.717) is 12.5 Å². The monoisotopic (exact) mass is 184 g/mol. The largest absolute Gasteiger partial charge is 0.476 e. The van der Waals surface area contributed by atoms with Crippen LogP contribution in [0, 0.1) is 6.92 Å². The molecule has 0 saturated heterocycles. The zero-order valence-electron chi connectivity index (χ0n) is 7.28. The molecule has 1 rings (SSSR count). The van der Waals surface area contributed by atoms with E-state index in [-0.39, 0.29) is 0 Å². The summed E-state index contributed by atoms with van der Waals surface area (Å²) in [7, 11) is 0. The zero-order chi connectivity index (χ0) is 8.81. The lowest BCUT2D eigenvalue weighted by molar-refractivity contribution is 0.328. The highest BCUT2D eigenvalue weighted by Crippen LogP contribution is 2.03. The van der Waals surface area contributed by atoms with E-state index in [9.17, 15) is 0 Å². The van der Waals surface area contributed by atoms with Crippen LogP contribution in [0.5, 0.6) is 5.88 Å². The van der Waals surface area contributed by atoms with E-state index in [4.69, 9.17) is 4.74 Å². The van der Waals surface area contributed by atoms with Gasteiger partial charge in [-0.15, -0.1) is 0 Å². The van der Waals surface area contributed by atoms with Gasteiger partial charge in [0, 0.05) is 5.75 Å². The van der Waals surface area contributed by atoms with Crippen LogP contribution < -0.4 is 4.74 Å². The van der Waals surface area contributed by atoms with Crippen molar-refractivity contribution < 1.29 is 4.74 Å². The predicted octanol–water partition coefficient (Wildman–Crippen LogP) is 1.53. The van der Waals surface area contributed by atoms with Crippen molar-refractivity contribution in [1.82, 2.24) is 9.97 Å². The summed E-state index contributed by atoms with van der Waals surface area (Å²) in [5, 5.41) is 0. The van der Waals surface area contributed by atoms with Crippen LogP contribution in [0.25, 0.3) is 0 Å². The average molecular weight is 184 g/mol. The van der Waals surface area contributed by atoms with Gasteiger partial charge in [0.05, 0.1) is 24.7 Å². The van der Waals surface area contributed by atoms with Crippen molar-refractivity contribution in [2.24, 2.45) is 0 Å². The molecular formula is C8H12N2OS. The minimum atomic E-state index is 0.606. The Morgan fingerprint density at radius 2 is 2.25 bits per heavy atom. The Balaban J connectivity index is 2.37. The lowest BCUT2D eigenvalue weighted by Gasteiger charge is -2.02. The molecule has 0 radical (unpaired) electrons. The van der Waals surface area contributed by atoms with E-state index in [1.54, 1.807) is 24.2 Å². The van der Waals surface area contributed by atoms with Crippen molar-refractivity contribution in [3.63, 3.8) is 0 Å². The minimum absolute atomic E-state index is 0.606. The van der Waals surface area contributed by atoms with E-state index in [0.717, 1.165) is 11.4 Å². The molecule has 0 aliphatic rings. The van der Waals surface area contributed by atoms with E-state index in [1.807, 2.05) is 13.2 Å². The van der Waals surface area contributed by atoms with Gasteiger partial charge in [-0.05, 0) is 13.2 Å². The second kappa shape index (κ2) is 4.98. The van der Waals surface area contributed by atoms with Crippen molar-refractivity contribution in [3.05, 3.63) is 18.1 Å². The van der Waals surface area contributed by atoms with Crippen LogP contribution in [-0.4, -0.2) is 28.6 Å². The number of rotatable bonds is 4. The third-order valence-electron chi connectivity index (χ3n) is 1.29. The molecule has 1 aromatic heterocycles. The van der Waals surface area contributed by atoms with E-state index < -0.39 is 0 Å². The number of thioether (sulfide) groups is 1. The Labute approximate surface area is 76.6 Å². The van der Waals surface area contributed by atoms with Gasteiger partial charge in [-0.2, -0.15) is 11.8 Å². The number of aryl methyl sites for hydroxylation is 1. The Hall–Kier alpha value is -0.770. The van der Waals surface area contributed by atoms with Gasteiger partial charge < -0.3 is 4.74 Å². The molecule has 0 spiro atoms. The fourth-order valence-corrected chi connectivity index (χ4v) is 0.935. The fourth-order valence-electron chi connectivity index (χ4n) is 0.685. The third kappa shape index (κ3) is 3.09. The van der Waals surface area contributed by atoms with Gasteiger partial charge in [-0.3, -0.25) is 4.98 Å². The Morgan fingerprint density at radius 1 is 1.42 bits per heavy atom. The summed E-state index contributed by atoms with van der Waals surface area (Å²) in [5.74, 6) is 1.59. The maximum Gasteiger partial charge on any atom is 0.232 e. The maximum absolute atomic E-state index is 5.31. The molecule has 0 aliphatic heterocycles. The molecule has 0 N–H and O–H groups in total. The summed E-state index contributed by atoms with van der Waals surface area (Å²) in [6, 6.07) is 0. The topological polar surface area (TPSA) is 35.0 Å². The summed E-state index contributed by atoms with van der Waals surface area (Å²) < 4.78 is 5.31. The van der Waals surface area contributed by atoms with Crippen LogP contribution in [0.4, 0.5) is 0 Å². The summed E-state index contributed by atoms with van der Waals surface area (Å²) in [4.78, 5) is 8.12.